The van der Waals surface area contributed by atoms with Crippen molar-refractivity contribution >= 4 is 15.9 Å². The van der Waals surface area contributed by atoms with Gasteiger partial charge in [0.2, 0.25) is 0 Å². The summed E-state index contributed by atoms with van der Waals surface area (Å²) in [4.78, 5) is 11.8. The van der Waals surface area contributed by atoms with Gasteiger partial charge in [-0.05, 0) is 18.6 Å². The molecule has 8 heteroatoms. The van der Waals surface area contributed by atoms with Crippen molar-refractivity contribution in [2.24, 2.45) is 0 Å². The molecule has 0 aliphatic carbocycles. The summed E-state index contributed by atoms with van der Waals surface area (Å²) in [5, 5.41) is 0. The van der Waals surface area contributed by atoms with Crippen LogP contribution in [-0.2, 0) is 19.6 Å². The molecule has 1 N–H and O–H groups in total. The number of carbonyl (C=O) groups is 1. The van der Waals surface area contributed by atoms with Crippen molar-refractivity contribution in [3.05, 3.63) is 18.2 Å². The molecule has 0 aromatic heterocycles. The van der Waals surface area contributed by atoms with Crippen molar-refractivity contribution in [3.8, 4) is 11.5 Å². The van der Waals surface area contributed by atoms with Gasteiger partial charge in [-0.25, -0.2) is 13.1 Å². The molecular weight excluding hydrogens is 310 g/mol. The van der Waals surface area contributed by atoms with Gasteiger partial charge in [0, 0.05) is 19.6 Å². The standard InChI is InChI=1S/C14H19NO6S/c1-3-11(19-2)14(16)15-22(17,18)10-5-6-12-13(9-10)21-8-4-7-20-12/h5-6,9,11H,3-4,7-8H2,1-2H3,(H,15,16)/t11-/m1/s1. The minimum Gasteiger partial charge on any atom is -0.490 e. The van der Waals surface area contributed by atoms with E-state index in [0.29, 0.717) is 31.1 Å². The lowest BCUT2D eigenvalue weighted by Gasteiger charge is -2.14. The van der Waals surface area contributed by atoms with Crippen LogP contribution in [0, 0.1) is 0 Å². The highest BCUT2D eigenvalue weighted by Crippen LogP contribution is 2.31. The molecule has 0 radical (unpaired) electrons. The Kier molecular flexibility index (Phi) is 5.25. The van der Waals surface area contributed by atoms with Crippen molar-refractivity contribution < 1.29 is 27.4 Å². The Morgan fingerprint density at radius 3 is 2.64 bits per heavy atom. The van der Waals surface area contributed by atoms with Crippen molar-refractivity contribution in [2.45, 2.75) is 30.8 Å². The van der Waals surface area contributed by atoms with E-state index in [9.17, 15) is 13.2 Å². The SMILES string of the molecule is CC[C@@H](OC)C(=O)NS(=O)(=O)c1ccc2c(c1)OCCCO2. The van der Waals surface area contributed by atoms with E-state index in [0.717, 1.165) is 6.42 Å². The van der Waals surface area contributed by atoms with Crippen LogP contribution in [0.3, 0.4) is 0 Å². The zero-order chi connectivity index (χ0) is 16.2. The normalized spacial score (nSPS) is 15.7. The molecule has 7 nitrogen and oxygen atoms in total. The summed E-state index contributed by atoms with van der Waals surface area (Å²) in [6.45, 7) is 2.69. The van der Waals surface area contributed by atoms with Gasteiger partial charge in [0.1, 0.15) is 6.10 Å². The van der Waals surface area contributed by atoms with Crippen LogP contribution in [0.5, 0.6) is 11.5 Å². The highest BCUT2D eigenvalue weighted by atomic mass is 32.2. The van der Waals surface area contributed by atoms with E-state index < -0.39 is 22.0 Å². The van der Waals surface area contributed by atoms with Gasteiger partial charge in [-0.1, -0.05) is 6.92 Å². The number of nitrogens with one attached hydrogen (secondary N) is 1. The third-order valence-electron chi connectivity index (χ3n) is 3.21. The molecule has 2 rings (SSSR count). The number of hydrogen-bond acceptors (Lipinski definition) is 6. The number of fused-ring (bicyclic) bond motifs is 1. The molecule has 0 fully saturated rings. The van der Waals surface area contributed by atoms with Crippen LogP contribution in [0.4, 0.5) is 0 Å². The summed E-state index contributed by atoms with van der Waals surface area (Å²) in [5.41, 5.74) is 0. The fourth-order valence-corrected chi connectivity index (χ4v) is 3.05. The van der Waals surface area contributed by atoms with E-state index in [1.165, 1.54) is 25.3 Å². The highest BCUT2D eigenvalue weighted by Gasteiger charge is 2.24. The molecule has 0 saturated heterocycles. The zero-order valence-electron chi connectivity index (χ0n) is 12.5. The van der Waals surface area contributed by atoms with Crippen LogP contribution >= 0.6 is 0 Å². The van der Waals surface area contributed by atoms with E-state index in [1.807, 2.05) is 4.72 Å². The van der Waals surface area contributed by atoms with E-state index in [1.54, 1.807) is 6.92 Å². The summed E-state index contributed by atoms with van der Waals surface area (Å²) in [6.07, 6.45) is 0.286. The van der Waals surface area contributed by atoms with E-state index >= 15 is 0 Å². The summed E-state index contributed by atoms with van der Waals surface area (Å²) < 4.78 is 42.4. The van der Waals surface area contributed by atoms with Crippen molar-refractivity contribution in [2.75, 3.05) is 20.3 Å². The van der Waals surface area contributed by atoms with Gasteiger partial charge in [0.05, 0.1) is 18.1 Å². The number of amides is 1. The largest absolute Gasteiger partial charge is 0.490 e. The molecule has 1 heterocycles. The first kappa shape index (κ1) is 16.6. The van der Waals surface area contributed by atoms with Crippen LogP contribution in [0.25, 0.3) is 0 Å². The fraction of sp³-hybridized carbons (Fsp3) is 0.500. The minimum atomic E-state index is -3.99. The number of methoxy groups -OCH3 is 1. The average molecular weight is 329 g/mol. The maximum Gasteiger partial charge on any atom is 0.264 e. The van der Waals surface area contributed by atoms with Crippen LogP contribution in [0.1, 0.15) is 19.8 Å². The Morgan fingerprint density at radius 1 is 1.32 bits per heavy atom. The third-order valence-corrected chi connectivity index (χ3v) is 4.56. The van der Waals surface area contributed by atoms with Gasteiger partial charge in [-0.15, -0.1) is 0 Å². The maximum atomic E-state index is 12.3. The second-order valence-electron chi connectivity index (χ2n) is 4.76. The smallest absolute Gasteiger partial charge is 0.264 e. The molecule has 0 unspecified atom stereocenters. The lowest BCUT2D eigenvalue weighted by atomic mass is 10.3. The number of benzene rings is 1. The first-order valence-corrected chi connectivity index (χ1v) is 8.45. The van der Waals surface area contributed by atoms with Crippen LogP contribution in [0.2, 0.25) is 0 Å². The monoisotopic (exact) mass is 329 g/mol. The Bertz CT molecular complexity index is 639. The number of hydrogen-bond donors (Lipinski definition) is 1. The Hall–Kier alpha value is -1.80. The van der Waals surface area contributed by atoms with Gasteiger partial charge < -0.3 is 14.2 Å². The predicted octanol–water partition coefficient (Wildman–Crippen LogP) is 1.08. The van der Waals surface area contributed by atoms with Gasteiger partial charge in [-0.2, -0.15) is 0 Å². The third kappa shape index (κ3) is 3.69. The maximum absolute atomic E-state index is 12.3. The number of carbonyl (C=O) groups excluding carboxylic acids is 1. The minimum absolute atomic E-state index is 0.0592. The highest BCUT2D eigenvalue weighted by molar-refractivity contribution is 7.90. The molecule has 22 heavy (non-hydrogen) atoms. The number of ether oxygens (including phenoxy) is 3. The predicted molar refractivity (Wildman–Crippen MR) is 78.5 cm³/mol. The van der Waals surface area contributed by atoms with E-state index in [4.69, 9.17) is 14.2 Å². The Balaban J connectivity index is 2.22. The van der Waals surface area contributed by atoms with Gasteiger partial charge in [-0.3, -0.25) is 4.79 Å². The molecule has 1 amide bonds. The lowest BCUT2D eigenvalue weighted by molar-refractivity contribution is -0.129. The molecule has 0 saturated carbocycles. The zero-order valence-corrected chi connectivity index (χ0v) is 13.3. The molecular formula is C14H19NO6S. The average Bonchev–Trinajstić information content (AvgIpc) is 2.72. The topological polar surface area (TPSA) is 90.9 Å². The summed E-state index contributed by atoms with van der Waals surface area (Å²) in [7, 11) is -2.63. The molecule has 1 atom stereocenters. The molecule has 122 valence electrons. The second-order valence-corrected chi connectivity index (χ2v) is 6.44. The number of sulfonamides is 1. The summed E-state index contributed by atoms with van der Waals surface area (Å²) >= 11 is 0. The fourth-order valence-electron chi connectivity index (χ4n) is 2.03. The van der Waals surface area contributed by atoms with E-state index in [2.05, 4.69) is 0 Å². The van der Waals surface area contributed by atoms with Crippen molar-refractivity contribution in [1.29, 1.82) is 0 Å². The van der Waals surface area contributed by atoms with Crippen molar-refractivity contribution in [3.63, 3.8) is 0 Å². The molecule has 1 aromatic rings. The van der Waals surface area contributed by atoms with Crippen LogP contribution < -0.4 is 14.2 Å². The number of rotatable bonds is 5. The summed E-state index contributed by atoms with van der Waals surface area (Å²) in [5.74, 6) is 0.148. The van der Waals surface area contributed by atoms with Crippen molar-refractivity contribution in [1.82, 2.24) is 4.72 Å². The Morgan fingerprint density at radius 2 is 2.00 bits per heavy atom. The lowest BCUT2D eigenvalue weighted by Crippen LogP contribution is -2.39. The van der Waals surface area contributed by atoms with Crippen LogP contribution in [-0.4, -0.2) is 40.8 Å². The Labute approximate surface area is 129 Å². The summed E-state index contributed by atoms with van der Waals surface area (Å²) in [6, 6.07) is 4.24. The molecule has 1 aromatic carbocycles. The van der Waals surface area contributed by atoms with E-state index in [-0.39, 0.29) is 4.90 Å². The quantitative estimate of drug-likeness (QED) is 0.869. The molecule has 1 aliphatic rings. The first-order valence-electron chi connectivity index (χ1n) is 6.97. The van der Waals surface area contributed by atoms with Gasteiger partial charge in [0.15, 0.2) is 11.5 Å². The molecule has 1 aliphatic heterocycles. The second kappa shape index (κ2) is 6.97. The molecule has 0 bridgehead atoms. The first-order chi connectivity index (χ1) is 10.5. The molecule has 0 spiro atoms. The van der Waals surface area contributed by atoms with Crippen LogP contribution in [0.15, 0.2) is 23.1 Å². The van der Waals surface area contributed by atoms with Gasteiger partial charge in [0.25, 0.3) is 15.9 Å². The van der Waals surface area contributed by atoms with Gasteiger partial charge >= 0.3 is 0 Å².